The second-order valence-electron chi connectivity index (χ2n) is 5.98. The van der Waals surface area contributed by atoms with Crippen molar-refractivity contribution in [1.29, 1.82) is 0 Å². The average molecular weight is 318 g/mol. The summed E-state index contributed by atoms with van der Waals surface area (Å²) in [7, 11) is 0. The first kappa shape index (κ1) is 14.7. The molecule has 0 spiro atoms. The van der Waals surface area contributed by atoms with E-state index < -0.39 is 5.82 Å². The lowest BCUT2D eigenvalue weighted by Crippen LogP contribution is -2.51. The summed E-state index contributed by atoms with van der Waals surface area (Å²) in [6, 6.07) is 7.07. The molecule has 2 aromatic rings. The highest BCUT2D eigenvalue weighted by Gasteiger charge is 2.44. The molecule has 5 nitrogen and oxygen atoms in total. The van der Waals surface area contributed by atoms with Gasteiger partial charge in [0.15, 0.2) is 5.82 Å². The molecule has 0 radical (unpaired) electrons. The van der Waals surface area contributed by atoms with Gasteiger partial charge in [0, 0.05) is 18.8 Å². The molecule has 1 saturated heterocycles. The van der Waals surface area contributed by atoms with Crippen LogP contribution in [0.3, 0.4) is 0 Å². The highest BCUT2D eigenvalue weighted by molar-refractivity contribution is 5.14. The van der Waals surface area contributed by atoms with Crippen LogP contribution in [0.5, 0.6) is 5.88 Å². The van der Waals surface area contributed by atoms with E-state index in [-0.39, 0.29) is 24.1 Å². The van der Waals surface area contributed by atoms with E-state index in [1.165, 1.54) is 12.3 Å². The van der Waals surface area contributed by atoms with Gasteiger partial charge in [-0.1, -0.05) is 0 Å². The smallest absolute Gasteiger partial charge is 0.250 e. The Morgan fingerprint density at radius 1 is 1.30 bits per heavy atom. The van der Waals surface area contributed by atoms with Gasteiger partial charge >= 0.3 is 0 Å². The lowest BCUT2D eigenvalue weighted by molar-refractivity contribution is -0.0939. The lowest BCUT2D eigenvalue weighted by Gasteiger charge is -2.38. The number of hydrogen-bond donors (Lipinski definition) is 0. The number of morpholine rings is 1. The molecule has 2 fully saturated rings. The van der Waals surface area contributed by atoms with E-state index in [1.807, 2.05) is 12.1 Å². The molecule has 0 N–H and O–H groups in total. The van der Waals surface area contributed by atoms with Crippen molar-refractivity contribution in [3.63, 3.8) is 0 Å². The number of rotatable bonds is 4. The Morgan fingerprint density at radius 2 is 2.26 bits per heavy atom. The Balaban J connectivity index is 1.46. The van der Waals surface area contributed by atoms with Crippen molar-refractivity contribution in [2.24, 2.45) is 0 Å². The van der Waals surface area contributed by atoms with E-state index in [4.69, 9.17) is 13.9 Å². The van der Waals surface area contributed by atoms with Crippen LogP contribution in [0.1, 0.15) is 18.6 Å². The molecule has 0 unspecified atom stereocenters. The maximum atomic E-state index is 13.7. The van der Waals surface area contributed by atoms with Gasteiger partial charge in [-0.2, -0.15) is 0 Å². The minimum absolute atomic E-state index is 0.0554. The molecule has 6 heteroatoms. The van der Waals surface area contributed by atoms with Crippen LogP contribution in [0.4, 0.5) is 4.39 Å². The second kappa shape index (κ2) is 6.29. The maximum Gasteiger partial charge on any atom is 0.250 e. The third kappa shape index (κ3) is 2.96. The zero-order valence-corrected chi connectivity index (χ0v) is 12.7. The van der Waals surface area contributed by atoms with Crippen LogP contribution in [0.25, 0.3) is 0 Å². The Bertz CT molecular complexity index is 649. The first-order valence-electron chi connectivity index (χ1n) is 7.96. The summed E-state index contributed by atoms with van der Waals surface area (Å²) in [5, 5.41) is 0. The van der Waals surface area contributed by atoms with Crippen LogP contribution in [-0.2, 0) is 11.3 Å². The van der Waals surface area contributed by atoms with Crippen LogP contribution >= 0.6 is 0 Å². The summed E-state index contributed by atoms with van der Waals surface area (Å²) in [6.07, 6.45) is 4.81. The average Bonchev–Trinajstić information content (AvgIpc) is 3.20. The summed E-state index contributed by atoms with van der Waals surface area (Å²) >= 11 is 0. The summed E-state index contributed by atoms with van der Waals surface area (Å²) in [5.74, 6) is 0.579. The predicted molar refractivity (Wildman–Crippen MR) is 80.5 cm³/mol. The molecule has 1 aliphatic carbocycles. The molecule has 23 heavy (non-hydrogen) atoms. The Kier molecular flexibility index (Phi) is 4.01. The first-order chi connectivity index (χ1) is 11.3. The van der Waals surface area contributed by atoms with Gasteiger partial charge in [-0.15, -0.1) is 0 Å². The molecule has 122 valence electrons. The molecule has 4 rings (SSSR count). The number of fused-ring (bicyclic) bond motifs is 1. The monoisotopic (exact) mass is 318 g/mol. The molecule has 3 heterocycles. The number of pyridine rings is 1. The molecular formula is C17H19FN2O3. The van der Waals surface area contributed by atoms with Crippen LogP contribution in [0, 0.1) is 5.82 Å². The zero-order valence-electron chi connectivity index (χ0n) is 12.7. The number of ether oxygens (including phenoxy) is 2. The number of furan rings is 1. The van der Waals surface area contributed by atoms with Crippen LogP contribution in [-0.4, -0.2) is 41.3 Å². The van der Waals surface area contributed by atoms with Gasteiger partial charge in [0.1, 0.15) is 18.0 Å². The maximum absolute atomic E-state index is 13.7. The lowest BCUT2D eigenvalue weighted by atomic mass is 10.1. The van der Waals surface area contributed by atoms with Crippen LogP contribution in [0.2, 0.25) is 0 Å². The van der Waals surface area contributed by atoms with Crippen LogP contribution < -0.4 is 4.74 Å². The molecule has 1 saturated carbocycles. The fourth-order valence-corrected chi connectivity index (χ4v) is 3.52. The second-order valence-corrected chi connectivity index (χ2v) is 5.98. The normalized spacial score (nSPS) is 27.8. The summed E-state index contributed by atoms with van der Waals surface area (Å²) in [4.78, 5) is 6.34. The molecule has 3 atom stereocenters. The Hall–Kier alpha value is -1.92. The van der Waals surface area contributed by atoms with Gasteiger partial charge < -0.3 is 13.9 Å². The van der Waals surface area contributed by atoms with E-state index in [9.17, 15) is 4.39 Å². The highest BCUT2D eigenvalue weighted by atomic mass is 19.1. The predicted octanol–water partition coefficient (Wildman–Crippen LogP) is 2.62. The Labute approximate surface area is 134 Å². The molecule has 2 aromatic heterocycles. The highest BCUT2D eigenvalue weighted by Crippen LogP contribution is 2.33. The van der Waals surface area contributed by atoms with E-state index in [1.54, 1.807) is 12.3 Å². The fourth-order valence-electron chi connectivity index (χ4n) is 3.52. The number of aromatic nitrogens is 1. The van der Waals surface area contributed by atoms with Gasteiger partial charge in [0.05, 0.1) is 19.4 Å². The minimum Gasteiger partial charge on any atom is -0.469 e. The van der Waals surface area contributed by atoms with E-state index in [0.717, 1.165) is 31.7 Å². The van der Waals surface area contributed by atoms with Gasteiger partial charge in [-0.3, -0.25) is 4.90 Å². The van der Waals surface area contributed by atoms with E-state index >= 15 is 0 Å². The molecular weight excluding hydrogens is 299 g/mol. The SMILES string of the molecule is Fc1cccnc1O[C@@H]1CC[C@H]2[C@H]1OCCN2Cc1ccco1. The quantitative estimate of drug-likeness (QED) is 0.867. The molecule has 0 aromatic carbocycles. The molecule has 2 aliphatic rings. The largest absolute Gasteiger partial charge is 0.469 e. The van der Waals surface area contributed by atoms with Crippen molar-refractivity contribution in [2.45, 2.75) is 37.6 Å². The summed E-state index contributed by atoms with van der Waals surface area (Å²) in [5.41, 5.74) is 0. The molecule has 0 bridgehead atoms. The van der Waals surface area contributed by atoms with E-state index in [0.29, 0.717) is 6.61 Å². The minimum atomic E-state index is -0.431. The number of nitrogens with zero attached hydrogens (tertiary/aromatic N) is 2. The van der Waals surface area contributed by atoms with Gasteiger partial charge in [-0.05, 0) is 37.1 Å². The van der Waals surface area contributed by atoms with E-state index in [2.05, 4.69) is 9.88 Å². The van der Waals surface area contributed by atoms with Crippen LogP contribution in [0.15, 0.2) is 41.1 Å². The zero-order chi connectivity index (χ0) is 15.6. The van der Waals surface area contributed by atoms with Crippen molar-refractivity contribution < 1.29 is 18.3 Å². The summed E-state index contributed by atoms with van der Waals surface area (Å²) < 4.78 is 30.9. The Morgan fingerprint density at radius 3 is 3.09 bits per heavy atom. The van der Waals surface area contributed by atoms with Crippen molar-refractivity contribution in [1.82, 2.24) is 9.88 Å². The molecule has 1 aliphatic heterocycles. The topological polar surface area (TPSA) is 47.7 Å². The van der Waals surface area contributed by atoms with Crippen molar-refractivity contribution in [3.05, 3.63) is 48.3 Å². The standard InChI is InChI=1S/C17H19FN2O3/c18-13-4-1-7-19-17(13)23-15-6-5-14-16(15)22-10-8-20(14)11-12-3-2-9-21-12/h1-4,7,9,14-16H,5-6,8,10-11H2/t14-,15+,16+/m0/s1. The number of hydrogen-bond acceptors (Lipinski definition) is 5. The van der Waals surface area contributed by atoms with Crippen molar-refractivity contribution in [3.8, 4) is 5.88 Å². The van der Waals surface area contributed by atoms with Gasteiger partial charge in [0.25, 0.3) is 5.88 Å². The van der Waals surface area contributed by atoms with Gasteiger partial charge in [0.2, 0.25) is 0 Å². The first-order valence-corrected chi connectivity index (χ1v) is 7.96. The third-order valence-electron chi connectivity index (χ3n) is 4.58. The number of halogens is 1. The van der Waals surface area contributed by atoms with Gasteiger partial charge in [-0.25, -0.2) is 9.37 Å². The summed E-state index contributed by atoms with van der Waals surface area (Å²) in [6.45, 7) is 2.28. The van der Waals surface area contributed by atoms with Crippen molar-refractivity contribution in [2.75, 3.05) is 13.2 Å². The fraction of sp³-hybridized carbons (Fsp3) is 0.471. The molecule has 0 amide bonds. The van der Waals surface area contributed by atoms with Crippen molar-refractivity contribution >= 4 is 0 Å². The third-order valence-corrected chi connectivity index (χ3v) is 4.58.